The highest BCUT2D eigenvalue weighted by Gasteiger charge is 2.13. The van der Waals surface area contributed by atoms with Gasteiger partial charge in [0.05, 0.1) is 5.56 Å². The summed E-state index contributed by atoms with van der Waals surface area (Å²) in [6.07, 6.45) is 0.717. The van der Waals surface area contributed by atoms with Gasteiger partial charge in [-0.1, -0.05) is 52.0 Å². The molecule has 0 heterocycles. The van der Waals surface area contributed by atoms with Gasteiger partial charge in [0, 0.05) is 5.69 Å². The van der Waals surface area contributed by atoms with Crippen LogP contribution in [0.15, 0.2) is 42.5 Å². The number of anilines is 1. The zero-order valence-electron chi connectivity index (χ0n) is 15.2. The van der Waals surface area contributed by atoms with Crippen LogP contribution in [-0.2, 0) is 4.79 Å². The molecule has 0 radical (unpaired) electrons. The second-order valence-corrected chi connectivity index (χ2v) is 6.65. The van der Waals surface area contributed by atoms with Crippen LogP contribution in [-0.4, -0.2) is 18.8 Å². The summed E-state index contributed by atoms with van der Waals surface area (Å²) in [4.78, 5) is 23.2. The third-order valence-electron chi connectivity index (χ3n) is 4.04. The molecule has 0 atom stereocenters. The zero-order chi connectivity index (χ0) is 18.4. The molecule has 0 aliphatic carbocycles. The van der Waals surface area contributed by atoms with Gasteiger partial charge in [0.15, 0.2) is 12.9 Å². The van der Waals surface area contributed by atoms with Crippen molar-refractivity contribution in [3.05, 3.63) is 59.2 Å². The largest absolute Gasteiger partial charge is 0.483 e. The van der Waals surface area contributed by atoms with Crippen molar-refractivity contribution in [2.45, 2.75) is 39.5 Å². The molecule has 1 amide bonds. The van der Waals surface area contributed by atoms with Crippen molar-refractivity contribution in [3.63, 3.8) is 0 Å². The summed E-state index contributed by atoms with van der Waals surface area (Å²) in [7, 11) is 0. The smallest absolute Gasteiger partial charge is 0.262 e. The maximum atomic E-state index is 12.3. The Morgan fingerprint density at radius 2 is 1.80 bits per heavy atom. The van der Waals surface area contributed by atoms with Gasteiger partial charge in [-0.3, -0.25) is 9.59 Å². The topological polar surface area (TPSA) is 55.4 Å². The molecule has 4 heteroatoms. The molecule has 132 valence electrons. The molecular formula is C21H25NO3. The third-order valence-corrected chi connectivity index (χ3v) is 4.04. The van der Waals surface area contributed by atoms with E-state index in [2.05, 4.69) is 39.1 Å². The number of nitrogens with one attached hydrogen (secondary N) is 1. The summed E-state index contributed by atoms with van der Waals surface area (Å²) in [5, 5.41) is 2.91. The Balaban J connectivity index is 2.08. The standard InChI is InChI=1S/C21H25NO3/c1-14(2)16-9-10-19(18(11-16)15(3)4)22-21(24)13-25-20-8-6-5-7-17(20)12-23/h5-12,14-15H,13H2,1-4H3,(H,22,24). The highest BCUT2D eigenvalue weighted by Crippen LogP contribution is 2.28. The van der Waals surface area contributed by atoms with Crippen LogP contribution >= 0.6 is 0 Å². The predicted octanol–water partition coefficient (Wildman–Crippen LogP) is 4.76. The fourth-order valence-electron chi connectivity index (χ4n) is 2.57. The van der Waals surface area contributed by atoms with Crippen LogP contribution in [0.25, 0.3) is 0 Å². The lowest BCUT2D eigenvalue weighted by Crippen LogP contribution is -2.21. The first-order chi connectivity index (χ1) is 11.9. The number of amides is 1. The predicted molar refractivity (Wildman–Crippen MR) is 101 cm³/mol. The normalized spacial score (nSPS) is 10.8. The monoisotopic (exact) mass is 339 g/mol. The minimum absolute atomic E-state index is 0.145. The first-order valence-electron chi connectivity index (χ1n) is 8.53. The number of aldehydes is 1. The van der Waals surface area contributed by atoms with E-state index in [9.17, 15) is 9.59 Å². The highest BCUT2D eigenvalue weighted by atomic mass is 16.5. The quantitative estimate of drug-likeness (QED) is 0.740. The lowest BCUT2D eigenvalue weighted by Gasteiger charge is -2.17. The molecular weight excluding hydrogens is 314 g/mol. The Morgan fingerprint density at radius 3 is 2.44 bits per heavy atom. The Kier molecular flexibility index (Phi) is 6.34. The Labute approximate surface area is 149 Å². The second kappa shape index (κ2) is 8.47. The van der Waals surface area contributed by atoms with Crippen LogP contribution < -0.4 is 10.1 Å². The summed E-state index contributed by atoms with van der Waals surface area (Å²) in [5.74, 6) is 0.892. The van der Waals surface area contributed by atoms with Crippen LogP contribution in [0.1, 0.15) is 61.0 Å². The number of carbonyl (C=O) groups is 2. The Bertz CT molecular complexity index is 751. The SMILES string of the molecule is CC(C)c1ccc(NC(=O)COc2ccccc2C=O)c(C(C)C)c1. The average Bonchev–Trinajstić information content (AvgIpc) is 2.60. The number of rotatable bonds is 7. The van der Waals surface area contributed by atoms with Gasteiger partial charge in [-0.25, -0.2) is 0 Å². The fourth-order valence-corrected chi connectivity index (χ4v) is 2.57. The average molecular weight is 339 g/mol. The maximum absolute atomic E-state index is 12.3. The summed E-state index contributed by atoms with van der Waals surface area (Å²) >= 11 is 0. The van der Waals surface area contributed by atoms with E-state index in [1.165, 1.54) is 5.56 Å². The van der Waals surface area contributed by atoms with Gasteiger partial charge < -0.3 is 10.1 Å². The number of ether oxygens (including phenoxy) is 1. The number of para-hydroxylation sites is 1. The van der Waals surface area contributed by atoms with Gasteiger partial charge >= 0.3 is 0 Å². The molecule has 0 saturated carbocycles. The van der Waals surface area contributed by atoms with E-state index in [0.717, 1.165) is 17.5 Å². The molecule has 0 unspecified atom stereocenters. The van der Waals surface area contributed by atoms with Gasteiger partial charge in [0.2, 0.25) is 0 Å². The molecule has 0 aromatic heterocycles. The van der Waals surface area contributed by atoms with Crippen LogP contribution in [0.5, 0.6) is 5.75 Å². The van der Waals surface area contributed by atoms with Crippen molar-refractivity contribution in [2.75, 3.05) is 11.9 Å². The molecule has 0 spiro atoms. The van der Waals surface area contributed by atoms with Gasteiger partial charge in [-0.15, -0.1) is 0 Å². The van der Waals surface area contributed by atoms with E-state index in [4.69, 9.17) is 4.74 Å². The second-order valence-electron chi connectivity index (χ2n) is 6.65. The number of hydrogen-bond donors (Lipinski definition) is 1. The van der Waals surface area contributed by atoms with E-state index < -0.39 is 0 Å². The first kappa shape index (κ1) is 18.7. The van der Waals surface area contributed by atoms with E-state index in [0.29, 0.717) is 23.1 Å². The van der Waals surface area contributed by atoms with Crippen LogP contribution in [0, 0.1) is 0 Å². The van der Waals surface area contributed by atoms with Gasteiger partial charge in [-0.2, -0.15) is 0 Å². The number of benzene rings is 2. The molecule has 2 aromatic carbocycles. The molecule has 0 aliphatic rings. The molecule has 25 heavy (non-hydrogen) atoms. The molecule has 0 aliphatic heterocycles. The number of carbonyl (C=O) groups excluding carboxylic acids is 2. The van der Waals surface area contributed by atoms with Crippen molar-refractivity contribution >= 4 is 17.9 Å². The van der Waals surface area contributed by atoms with Crippen LogP contribution in [0.3, 0.4) is 0 Å². The highest BCUT2D eigenvalue weighted by molar-refractivity contribution is 5.93. The molecule has 4 nitrogen and oxygen atoms in total. The van der Waals surface area contributed by atoms with Crippen molar-refractivity contribution in [2.24, 2.45) is 0 Å². The fraction of sp³-hybridized carbons (Fsp3) is 0.333. The molecule has 0 saturated heterocycles. The molecule has 2 aromatic rings. The minimum Gasteiger partial charge on any atom is -0.483 e. The van der Waals surface area contributed by atoms with E-state index in [-0.39, 0.29) is 12.5 Å². The summed E-state index contributed by atoms with van der Waals surface area (Å²) in [5.41, 5.74) is 3.59. The lowest BCUT2D eigenvalue weighted by atomic mass is 9.94. The first-order valence-corrected chi connectivity index (χ1v) is 8.53. The summed E-state index contributed by atoms with van der Waals surface area (Å²) in [6, 6.07) is 13.0. The van der Waals surface area contributed by atoms with Gasteiger partial charge in [0.1, 0.15) is 5.75 Å². The van der Waals surface area contributed by atoms with E-state index in [1.807, 2.05) is 12.1 Å². The van der Waals surface area contributed by atoms with Crippen molar-refractivity contribution in [1.29, 1.82) is 0 Å². The molecule has 0 fully saturated rings. The van der Waals surface area contributed by atoms with Crippen molar-refractivity contribution < 1.29 is 14.3 Å². The van der Waals surface area contributed by atoms with Crippen LogP contribution in [0.4, 0.5) is 5.69 Å². The maximum Gasteiger partial charge on any atom is 0.262 e. The Hall–Kier alpha value is -2.62. The molecule has 1 N–H and O–H groups in total. The number of hydrogen-bond acceptors (Lipinski definition) is 3. The minimum atomic E-state index is -0.250. The molecule has 0 bridgehead atoms. The summed E-state index contributed by atoms with van der Waals surface area (Å²) in [6.45, 7) is 8.36. The van der Waals surface area contributed by atoms with Gasteiger partial charge in [0.25, 0.3) is 5.91 Å². The van der Waals surface area contributed by atoms with Crippen molar-refractivity contribution in [3.8, 4) is 5.75 Å². The van der Waals surface area contributed by atoms with Crippen molar-refractivity contribution in [1.82, 2.24) is 0 Å². The third kappa shape index (κ3) is 4.92. The lowest BCUT2D eigenvalue weighted by molar-refractivity contribution is -0.118. The summed E-state index contributed by atoms with van der Waals surface area (Å²) < 4.78 is 5.48. The molecule has 2 rings (SSSR count). The Morgan fingerprint density at radius 1 is 1.08 bits per heavy atom. The van der Waals surface area contributed by atoms with Gasteiger partial charge in [-0.05, 0) is 41.2 Å². The zero-order valence-corrected chi connectivity index (χ0v) is 15.2. The van der Waals surface area contributed by atoms with Crippen LogP contribution in [0.2, 0.25) is 0 Å². The van der Waals surface area contributed by atoms with E-state index in [1.54, 1.807) is 24.3 Å². The van der Waals surface area contributed by atoms with E-state index >= 15 is 0 Å².